The first kappa shape index (κ1) is 14.2. The highest BCUT2D eigenvalue weighted by molar-refractivity contribution is 9.10. The summed E-state index contributed by atoms with van der Waals surface area (Å²) in [6.07, 6.45) is 0.676. The maximum Gasteiger partial charge on any atom is 0.337 e. The third-order valence-corrected chi connectivity index (χ3v) is 3.66. The van der Waals surface area contributed by atoms with Gasteiger partial charge in [-0.15, -0.1) is 10.2 Å². The van der Waals surface area contributed by atoms with E-state index in [1.54, 1.807) is 22.8 Å². The summed E-state index contributed by atoms with van der Waals surface area (Å²) >= 11 is 6.63. The summed E-state index contributed by atoms with van der Waals surface area (Å²) < 4.78 is 2.50. The molecule has 0 bridgehead atoms. The first-order valence-electron chi connectivity index (χ1n) is 5.60. The van der Waals surface area contributed by atoms with Gasteiger partial charge >= 0.3 is 5.97 Å². The summed E-state index contributed by atoms with van der Waals surface area (Å²) in [6.45, 7) is 1.96. The van der Waals surface area contributed by atoms with E-state index in [1.807, 2.05) is 6.92 Å². The largest absolute Gasteiger partial charge is 0.478 e. The summed E-state index contributed by atoms with van der Waals surface area (Å²) in [4.78, 5) is 11.4. The van der Waals surface area contributed by atoms with Crippen LogP contribution in [0.4, 0.5) is 0 Å². The zero-order chi connectivity index (χ0) is 14.0. The second-order valence-corrected chi connectivity index (χ2v) is 5.30. The van der Waals surface area contributed by atoms with Gasteiger partial charge in [0.2, 0.25) is 0 Å². The standard InChI is InChI=1S/C12H11Br2N3O2/c1-2-10-15-16-11(6-13)17(10)9-4-3-7(14)5-8(9)12(18)19/h3-5H,2,6H2,1H3,(H,18,19). The van der Waals surface area contributed by atoms with Crippen molar-refractivity contribution < 1.29 is 9.90 Å². The molecule has 1 aromatic carbocycles. The van der Waals surface area contributed by atoms with Crippen LogP contribution in [0.3, 0.4) is 0 Å². The number of nitrogens with zero attached hydrogens (tertiary/aromatic N) is 3. The highest BCUT2D eigenvalue weighted by Gasteiger charge is 2.18. The molecule has 7 heteroatoms. The molecule has 1 N–H and O–H groups in total. The smallest absolute Gasteiger partial charge is 0.337 e. The fourth-order valence-corrected chi connectivity index (χ4v) is 2.55. The predicted molar refractivity (Wildman–Crippen MR) is 78.0 cm³/mol. The Bertz CT molecular complexity index is 604. The number of alkyl halides is 1. The van der Waals surface area contributed by atoms with Crippen molar-refractivity contribution >= 4 is 37.8 Å². The molecule has 100 valence electrons. The summed E-state index contributed by atoms with van der Waals surface area (Å²) in [6, 6.07) is 5.14. The molecule has 0 amide bonds. The number of aromatic carboxylic acids is 1. The van der Waals surface area contributed by atoms with E-state index in [4.69, 9.17) is 0 Å². The molecule has 0 atom stereocenters. The summed E-state index contributed by atoms with van der Waals surface area (Å²) in [5.41, 5.74) is 0.790. The molecule has 1 heterocycles. The van der Waals surface area contributed by atoms with Gasteiger partial charge in [0, 0.05) is 10.9 Å². The lowest BCUT2D eigenvalue weighted by Crippen LogP contribution is -2.10. The maximum atomic E-state index is 11.4. The van der Waals surface area contributed by atoms with Crippen LogP contribution in [0, 0.1) is 0 Å². The molecule has 0 fully saturated rings. The van der Waals surface area contributed by atoms with E-state index in [2.05, 4.69) is 42.1 Å². The first-order valence-corrected chi connectivity index (χ1v) is 7.52. The SMILES string of the molecule is CCc1nnc(CBr)n1-c1ccc(Br)cc1C(=O)O. The molecule has 0 aliphatic heterocycles. The number of hydrogen-bond acceptors (Lipinski definition) is 3. The molecule has 0 saturated carbocycles. The lowest BCUT2D eigenvalue weighted by Gasteiger charge is -2.11. The maximum absolute atomic E-state index is 11.4. The average Bonchev–Trinajstić information content (AvgIpc) is 2.81. The second-order valence-electron chi connectivity index (χ2n) is 3.82. The van der Waals surface area contributed by atoms with E-state index in [-0.39, 0.29) is 5.56 Å². The second kappa shape index (κ2) is 5.83. The number of halogens is 2. The molecule has 0 saturated heterocycles. The van der Waals surface area contributed by atoms with Gasteiger partial charge < -0.3 is 5.11 Å². The monoisotopic (exact) mass is 387 g/mol. The minimum atomic E-state index is -0.979. The Hall–Kier alpha value is -1.21. The van der Waals surface area contributed by atoms with Crippen molar-refractivity contribution in [2.45, 2.75) is 18.7 Å². The molecule has 0 spiro atoms. The number of hydrogen-bond donors (Lipinski definition) is 1. The fraction of sp³-hybridized carbons (Fsp3) is 0.250. The van der Waals surface area contributed by atoms with Gasteiger partial charge in [-0.25, -0.2) is 4.79 Å². The molecule has 0 aliphatic rings. The lowest BCUT2D eigenvalue weighted by atomic mass is 10.1. The lowest BCUT2D eigenvalue weighted by molar-refractivity contribution is 0.0697. The van der Waals surface area contributed by atoms with Gasteiger partial charge in [0.1, 0.15) is 11.6 Å². The molecular formula is C12H11Br2N3O2. The van der Waals surface area contributed by atoms with Gasteiger partial charge in [0.15, 0.2) is 0 Å². The van der Waals surface area contributed by atoms with Crippen LogP contribution in [-0.2, 0) is 11.8 Å². The molecule has 2 rings (SSSR count). The van der Waals surface area contributed by atoms with Crippen LogP contribution >= 0.6 is 31.9 Å². The Balaban J connectivity index is 2.71. The fourth-order valence-electron chi connectivity index (χ4n) is 1.82. The summed E-state index contributed by atoms with van der Waals surface area (Å²) in [5, 5.41) is 18.0. The van der Waals surface area contributed by atoms with Gasteiger partial charge in [-0.2, -0.15) is 0 Å². The van der Waals surface area contributed by atoms with E-state index in [0.717, 1.165) is 10.3 Å². The Morgan fingerprint density at radius 2 is 2.05 bits per heavy atom. The molecular weight excluding hydrogens is 378 g/mol. The molecule has 0 aliphatic carbocycles. The van der Waals surface area contributed by atoms with E-state index in [0.29, 0.717) is 23.3 Å². The van der Waals surface area contributed by atoms with Gasteiger partial charge in [-0.1, -0.05) is 38.8 Å². The highest BCUT2D eigenvalue weighted by Crippen LogP contribution is 2.23. The number of aromatic nitrogens is 3. The van der Waals surface area contributed by atoms with E-state index in [1.165, 1.54) is 0 Å². The van der Waals surface area contributed by atoms with Gasteiger partial charge in [-0.05, 0) is 18.2 Å². The number of benzene rings is 1. The zero-order valence-electron chi connectivity index (χ0n) is 10.1. The number of carboxylic acid groups (broad SMARTS) is 1. The Labute approximate surface area is 126 Å². The molecule has 0 unspecified atom stereocenters. The number of carbonyl (C=O) groups is 1. The van der Waals surface area contributed by atoms with Crippen molar-refractivity contribution in [1.29, 1.82) is 0 Å². The van der Waals surface area contributed by atoms with Gasteiger partial charge in [0.25, 0.3) is 0 Å². The van der Waals surface area contributed by atoms with Crippen LogP contribution in [0.2, 0.25) is 0 Å². The van der Waals surface area contributed by atoms with Crippen LogP contribution in [0.1, 0.15) is 28.9 Å². The van der Waals surface area contributed by atoms with Crippen LogP contribution in [0.5, 0.6) is 0 Å². The normalized spacial score (nSPS) is 10.7. The van der Waals surface area contributed by atoms with Crippen LogP contribution in [0.25, 0.3) is 5.69 Å². The zero-order valence-corrected chi connectivity index (χ0v) is 13.3. The van der Waals surface area contributed by atoms with E-state index >= 15 is 0 Å². The molecule has 0 radical (unpaired) electrons. The summed E-state index contributed by atoms with van der Waals surface area (Å²) in [5.74, 6) is 0.438. The molecule has 5 nitrogen and oxygen atoms in total. The van der Waals surface area contributed by atoms with Crippen molar-refractivity contribution in [3.63, 3.8) is 0 Å². The van der Waals surface area contributed by atoms with Crippen molar-refractivity contribution in [3.05, 3.63) is 39.9 Å². The van der Waals surface area contributed by atoms with Gasteiger partial charge in [-0.3, -0.25) is 4.57 Å². The Morgan fingerprint density at radius 1 is 1.37 bits per heavy atom. The Morgan fingerprint density at radius 3 is 2.63 bits per heavy atom. The molecule has 19 heavy (non-hydrogen) atoms. The highest BCUT2D eigenvalue weighted by atomic mass is 79.9. The quantitative estimate of drug-likeness (QED) is 0.816. The van der Waals surface area contributed by atoms with Crippen LogP contribution in [0.15, 0.2) is 22.7 Å². The first-order chi connectivity index (χ1) is 9.08. The van der Waals surface area contributed by atoms with Crippen molar-refractivity contribution in [2.24, 2.45) is 0 Å². The van der Waals surface area contributed by atoms with Crippen molar-refractivity contribution in [3.8, 4) is 5.69 Å². The van der Waals surface area contributed by atoms with Crippen molar-refractivity contribution in [1.82, 2.24) is 14.8 Å². The minimum absolute atomic E-state index is 0.214. The molecule has 1 aromatic heterocycles. The minimum Gasteiger partial charge on any atom is -0.478 e. The number of carboxylic acids is 1. The van der Waals surface area contributed by atoms with Crippen molar-refractivity contribution in [2.75, 3.05) is 0 Å². The number of aryl methyl sites for hydroxylation is 1. The van der Waals surface area contributed by atoms with E-state index < -0.39 is 5.97 Å². The topological polar surface area (TPSA) is 68.0 Å². The van der Waals surface area contributed by atoms with Gasteiger partial charge in [0.05, 0.1) is 16.6 Å². The third kappa shape index (κ3) is 2.71. The average molecular weight is 389 g/mol. The third-order valence-electron chi connectivity index (χ3n) is 2.66. The molecule has 2 aromatic rings. The Kier molecular flexibility index (Phi) is 4.36. The van der Waals surface area contributed by atoms with E-state index in [9.17, 15) is 9.90 Å². The predicted octanol–water partition coefficient (Wildman–Crippen LogP) is 3.19. The van der Waals surface area contributed by atoms with Crippen LogP contribution in [-0.4, -0.2) is 25.8 Å². The number of rotatable bonds is 4. The van der Waals surface area contributed by atoms with Crippen LogP contribution < -0.4 is 0 Å². The summed E-state index contributed by atoms with van der Waals surface area (Å²) in [7, 11) is 0.